The van der Waals surface area contributed by atoms with Crippen molar-refractivity contribution >= 4 is 11.5 Å². The lowest BCUT2D eigenvalue weighted by Crippen LogP contribution is -2.29. The number of allylic oxidation sites excluding steroid dienone is 4. The van der Waals surface area contributed by atoms with E-state index in [0.29, 0.717) is 5.76 Å². The van der Waals surface area contributed by atoms with Gasteiger partial charge in [0, 0.05) is 5.57 Å². The van der Waals surface area contributed by atoms with Crippen LogP contribution in [0.1, 0.15) is 16.3 Å². The van der Waals surface area contributed by atoms with Crippen molar-refractivity contribution in [1.29, 1.82) is 0 Å². The molecule has 0 atom stereocenters. The molecule has 0 fully saturated rings. The van der Waals surface area contributed by atoms with Crippen LogP contribution in [-0.2, 0) is 0 Å². The number of nitrogen functional groups attached to an aromatic ring is 1. The number of rotatable bonds is 4. The number of nitrogens with one attached hydrogen (secondary N) is 1. The summed E-state index contributed by atoms with van der Waals surface area (Å²) >= 11 is 0. The van der Waals surface area contributed by atoms with Gasteiger partial charge in [-0.25, -0.2) is 5.84 Å². The summed E-state index contributed by atoms with van der Waals surface area (Å²) in [6, 6.07) is 3.21. The van der Waals surface area contributed by atoms with E-state index in [0.717, 1.165) is 5.57 Å². The van der Waals surface area contributed by atoms with Crippen molar-refractivity contribution in [3.8, 4) is 0 Å². The summed E-state index contributed by atoms with van der Waals surface area (Å²) in [7, 11) is 0. The third kappa shape index (κ3) is 2.45. The Bertz CT molecular complexity index is 416. The fourth-order valence-electron chi connectivity index (χ4n) is 1.06. The molecule has 0 aliphatic heterocycles. The Hall–Kier alpha value is -2.07. The van der Waals surface area contributed by atoms with Gasteiger partial charge in [-0.15, -0.1) is 0 Å². The molecular formula is C11H12N2O2. The molecule has 0 radical (unpaired) electrons. The maximum Gasteiger partial charge on any atom is 0.300 e. The van der Waals surface area contributed by atoms with Gasteiger partial charge >= 0.3 is 5.91 Å². The van der Waals surface area contributed by atoms with E-state index in [1.807, 2.05) is 5.43 Å². The zero-order valence-electron chi connectivity index (χ0n) is 8.19. The second-order valence-electron chi connectivity index (χ2n) is 2.70. The lowest BCUT2D eigenvalue weighted by Gasteiger charge is -1.96. The van der Waals surface area contributed by atoms with Crippen LogP contribution in [0.15, 0.2) is 47.9 Å². The number of carbonyl (C=O) groups excluding carboxylic acids is 1. The Balaban J connectivity index is 3.02. The molecule has 0 spiro atoms. The van der Waals surface area contributed by atoms with Crippen molar-refractivity contribution in [2.75, 3.05) is 0 Å². The number of hydrogen-bond donors (Lipinski definition) is 2. The molecule has 1 aromatic heterocycles. The molecular weight excluding hydrogens is 192 g/mol. The van der Waals surface area contributed by atoms with Crippen molar-refractivity contribution in [3.05, 3.63) is 55.0 Å². The summed E-state index contributed by atoms with van der Waals surface area (Å²) in [6.45, 7) is 7.20. The molecule has 4 nitrogen and oxygen atoms in total. The highest BCUT2D eigenvalue weighted by atomic mass is 16.4. The van der Waals surface area contributed by atoms with E-state index in [1.54, 1.807) is 24.3 Å². The molecule has 1 aromatic rings. The van der Waals surface area contributed by atoms with E-state index in [4.69, 9.17) is 10.3 Å². The van der Waals surface area contributed by atoms with Gasteiger partial charge in [-0.05, 0) is 12.1 Å². The molecule has 78 valence electrons. The Kier molecular flexibility index (Phi) is 3.65. The third-order valence-corrected chi connectivity index (χ3v) is 1.76. The summed E-state index contributed by atoms with van der Waals surface area (Å²) in [5.74, 6) is 5.20. The standard InChI is InChI=1S/C11H12N2O2/c1-3-5-8(4-2)9-6-7-10(15-9)11(14)13-12/h3-7H,1-2,12H2,(H,13,14)/b8-5+. The SMILES string of the molecule is C=C/C=C(\C=C)c1ccc(C(=O)NN)o1. The summed E-state index contributed by atoms with van der Waals surface area (Å²) in [5, 5.41) is 0. The monoisotopic (exact) mass is 204 g/mol. The molecule has 3 N–H and O–H groups in total. The molecule has 0 aliphatic rings. The van der Waals surface area contributed by atoms with Crippen LogP contribution in [0.25, 0.3) is 5.57 Å². The summed E-state index contributed by atoms with van der Waals surface area (Å²) in [5.41, 5.74) is 2.74. The molecule has 1 heterocycles. The van der Waals surface area contributed by atoms with Gasteiger partial charge in [0.05, 0.1) is 0 Å². The van der Waals surface area contributed by atoms with E-state index >= 15 is 0 Å². The van der Waals surface area contributed by atoms with Crippen molar-refractivity contribution in [2.24, 2.45) is 5.84 Å². The highest BCUT2D eigenvalue weighted by molar-refractivity contribution is 5.91. The zero-order chi connectivity index (χ0) is 11.3. The van der Waals surface area contributed by atoms with Gasteiger partial charge in [-0.2, -0.15) is 0 Å². The van der Waals surface area contributed by atoms with Gasteiger partial charge in [0.15, 0.2) is 5.76 Å². The molecule has 1 amide bonds. The first-order chi connectivity index (χ1) is 7.22. The quantitative estimate of drug-likeness (QED) is 0.339. The molecule has 15 heavy (non-hydrogen) atoms. The van der Waals surface area contributed by atoms with Gasteiger partial charge < -0.3 is 4.42 Å². The average molecular weight is 204 g/mol. The molecule has 1 rings (SSSR count). The fraction of sp³-hybridized carbons (Fsp3) is 0. The summed E-state index contributed by atoms with van der Waals surface area (Å²) < 4.78 is 5.26. The number of hydrogen-bond acceptors (Lipinski definition) is 3. The lowest BCUT2D eigenvalue weighted by molar-refractivity contribution is 0.0925. The highest BCUT2D eigenvalue weighted by Crippen LogP contribution is 2.18. The first-order valence-corrected chi connectivity index (χ1v) is 4.29. The summed E-state index contributed by atoms with van der Waals surface area (Å²) in [4.78, 5) is 11.1. The van der Waals surface area contributed by atoms with Gasteiger partial charge in [0.1, 0.15) is 5.76 Å². The number of hydrazine groups is 1. The number of nitrogens with two attached hydrogens (primary N) is 1. The zero-order valence-corrected chi connectivity index (χ0v) is 8.19. The Morgan fingerprint density at radius 3 is 2.60 bits per heavy atom. The van der Waals surface area contributed by atoms with Crippen LogP contribution in [0.2, 0.25) is 0 Å². The van der Waals surface area contributed by atoms with E-state index in [1.165, 1.54) is 6.07 Å². The van der Waals surface area contributed by atoms with E-state index in [-0.39, 0.29) is 5.76 Å². The highest BCUT2D eigenvalue weighted by Gasteiger charge is 2.10. The summed E-state index contributed by atoms with van der Waals surface area (Å²) in [6.07, 6.45) is 4.96. The van der Waals surface area contributed by atoms with Crippen molar-refractivity contribution in [2.45, 2.75) is 0 Å². The second-order valence-corrected chi connectivity index (χ2v) is 2.70. The van der Waals surface area contributed by atoms with Crippen molar-refractivity contribution < 1.29 is 9.21 Å². The predicted molar refractivity (Wildman–Crippen MR) is 58.7 cm³/mol. The van der Waals surface area contributed by atoms with Crippen molar-refractivity contribution in [3.63, 3.8) is 0 Å². The molecule has 0 saturated heterocycles. The van der Waals surface area contributed by atoms with Crippen LogP contribution in [-0.4, -0.2) is 5.91 Å². The number of furan rings is 1. The van der Waals surface area contributed by atoms with Crippen LogP contribution in [0.5, 0.6) is 0 Å². The maximum absolute atomic E-state index is 11.1. The smallest absolute Gasteiger partial charge is 0.300 e. The molecule has 0 aromatic carbocycles. The van der Waals surface area contributed by atoms with Gasteiger partial charge in [-0.1, -0.05) is 31.4 Å². The van der Waals surface area contributed by atoms with Crippen molar-refractivity contribution in [1.82, 2.24) is 5.43 Å². The minimum atomic E-state index is -0.469. The molecule has 0 bridgehead atoms. The fourth-order valence-corrected chi connectivity index (χ4v) is 1.06. The van der Waals surface area contributed by atoms with E-state index in [2.05, 4.69) is 13.2 Å². The maximum atomic E-state index is 11.1. The minimum absolute atomic E-state index is 0.157. The molecule has 4 heteroatoms. The molecule has 0 unspecified atom stereocenters. The molecule has 0 saturated carbocycles. The van der Waals surface area contributed by atoms with Crippen LogP contribution in [0, 0.1) is 0 Å². The normalized spacial score (nSPS) is 10.9. The average Bonchev–Trinajstić information content (AvgIpc) is 2.73. The molecule has 0 aliphatic carbocycles. The first kappa shape index (κ1) is 11.0. The van der Waals surface area contributed by atoms with Gasteiger partial charge in [-0.3, -0.25) is 10.2 Å². The van der Waals surface area contributed by atoms with Gasteiger partial charge in [0.25, 0.3) is 0 Å². The van der Waals surface area contributed by atoms with Crippen LogP contribution in [0.3, 0.4) is 0 Å². The van der Waals surface area contributed by atoms with Gasteiger partial charge in [0.2, 0.25) is 0 Å². The topological polar surface area (TPSA) is 68.3 Å². The largest absolute Gasteiger partial charge is 0.451 e. The predicted octanol–water partition coefficient (Wildman–Crippen LogP) is 1.64. The number of carbonyl (C=O) groups is 1. The Morgan fingerprint density at radius 1 is 1.40 bits per heavy atom. The Labute approximate surface area is 87.7 Å². The van der Waals surface area contributed by atoms with Crippen LogP contribution in [0.4, 0.5) is 0 Å². The second kappa shape index (κ2) is 4.97. The van der Waals surface area contributed by atoms with E-state index < -0.39 is 5.91 Å². The first-order valence-electron chi connectivity index (χ1n) is 4.29. The number of amides is 1. The van der Waals surface area contributed by atoms with Crippen LogP contribution >= 0.6 is 0 Å². The van der Waals surface area contributed by atoms with E-state index in [9.17, 15) is 4.79 Å². The lowest BCUT2D eigenvalue weighted by atomic mass is 10.2. The minimum Gasteiger partial charge on any atom is -0.451 e. The third-order valence-electron chi connectivity index (χ3n) is 1.76. The van der Waals surface area contributed by atoms with Crippen LogP contribution < -0.4 is 11.3 Å². The Morgan fingerprint density at radius 2 is 2.07 bits per heavy atom.